The van der Waals surface area contributed by atoms with Gasteiger partial charge in [0.05, 0.1) is 18.3 Å². The number of aliphatic hydroxyl groups excluding tert-OH is 1. The molecule has 1 aliphatic heterocycles. The van der Waals surface area contributed by atoms with E-state index in [4.69, 9.17) is 14.2 Å². The molecule has 1 aromatic rings. The fourth-order valence-electron chi connectivity index (χ4n) is 4.17. The third-order valence-electron chi connectivity index (χ3n) is 5.87. The number of aliphatic hydroxyl groups is 1. The van der Waals surface area contributed by atoms with Gasteiger partial charge in [0.15, 0.2) is 6.29 Å². The van der Waals surface area contributed by atoms with Crippen LogP contribution < -0.4 is 0 Å². The summed E-state index contributed by atoms with van der Waals surface area (Å²) in [7, 11) is 0. The van der Waals surface area contributed by atoms with Gasteiger partial charge in [-0.05, 0) is 50.2 Å². The maximum absolute atomic E-state index is 11.2. The Balaban J connectivity index is 0.00000289. The number of esters is 1. The van der Waals surface area contributed by atoms with E-state index in [9.17, 15) is 9.90 Å². The molecule has 5 heteroatoms. The van der Waals surface area contributed by atoms with E-state index in [1.807, 2.05) is 26.0 Å². The van der Waals surface area contributed by atoms with Crippen molar-refractivity contribution >= 4 is 12.0 Å². The predicted molar refractivity (Wildman–Crippen MR) is 139 cm³/mol. The second-order valence-electron chi connectivity index (χ2n) is 8.75. The molecule has 0 aromatic heterocycles. The Morgan fingerprint density at radius 1 is 1.21 bits per heavy atom. The lowest BCUT2D eigenvalue weighted by Crippen LogP contribution is -2.35. The molecule has 190 valence electrons. The zero-order valence-electron chi connectivity index (χ0n) is 19.4. The van der Waals surface area contributed by atoms with Crippen molar-refractivity contribution in [1.29, 1.82) is 0 Å². The molecule has 1 aromatic carbocycles. The fourth-order valence-corrected chi connectivity index (χ4v) is 4.17. The molecule has 1 heterocycles. The lowest BCUT2D eigenvalue weighted by molar-refractivity contribution is -0.248. The van der Waals surface area contributed by atoms with Crippen LogP contribution in [0.2, 0.25) is 0 Å². The van der Waals surface area contributed by atoms with Crippen molar-refractivity contribution in [3.05, 3.63) is 65.3 Å². The summed E-state index contributed by atoms with van der Waals surface area (Å²) in [5.74, 6) is -0.314. The molecular formula is C29H44O5. The summed E-state index contributed by atoms with van der Waals surface area (Å²) in [5.41, 5.74) is 3.44. The van der Waals surface area contributed by atoms with E-state index in [1.165, 1.54) is 12.5 Å². The molecule has 5 nitrogen and oxygen atoms in total. The first kappa shape index (κ1) is 29.8. The summed E-state index contributed by atoms with van der Waals surface area (Å²) in [5, 5.41) is 10.5. The summed E-state index contributed by atoms with van der Waals surface area (Å²) >= 11 is 0. The third kappa shape index (κ3) is 9.57. The van der Waals surface area contributed by atoms with Gasteiger partial charge in [-0.3, -0.25) is 4.79 Å². The molecule has 0 amide bonds. The zero-order valence-corrected chi connectivity index (χ0v) is 19.4. The van der Waals surface area contributed by atoms with Gasteiger partial charge >= 0.3 is 5.97 Å². The van der Waals surface area contributed by atoms with Crippen LogP contribution in [-0.4, -0.2) is 35.5 Å². The molecule has 34 heavy (non-hydrogen) atoms. The Morgan fingerprint density at radius 3 is 2.56 bits per heavy atom. The summed E-state index contributed by atoms with van der Waals surface area (Å²) in [6, 6.07) is 8.23. The van der Waals surface area contributed by atoms with Crippen LogP contribution in [0.15, 0.2) is 54.1 Å². The smallest absolute Gasteiger partial charge is 0.302 e. The summed E-state index contributed by atoms with van der Waals surface area (Å²) in [6.07, 6.45) is 13.9. The minimum Gasteiger partial charge on any atom is -0.462 e. The van der Waals surface area contributed by atoms with Crippen LogP contribution in [0, 0.1) is 0 Å². The molecule has 1 N–H and O–H groups in total. The van der Waals surface area contributed by atoms with Crippen molar-refractivity contribution in [2.24, 2.45) is 0 Å². The molecule has 1 saturated heterocycles. The highest BCUT2D eigenvalue weighted by atomic mass is 16.7. The van der Waals surface area contributed by atoms with Crippen LogP contribution in [0.1, 0.15) is 91.6 Å². The minimum atomic E-state index is -0.591. The van der Waals surface area contributed by atoms with E-state index in [1.54, 1.807) is 0 Å². The van der Waals surface area contributed by atoms with Gasteiger partial charge in [-0.25, -0.2) is 0 Å². The fraction of sp³-hybridized carbons (Fsp3) is 0.552. The number of benzene rings is 1. The maximum atomic E-state index is 11.2. The second kappa shape index (κ2) is 14.9. The van der Waals surface area contributed by atoms with Crippen molar-refractivity contribution in [2.45, 2.75) is 105 Å². The predicted octanol–water partition coefficient (Wildman–Crippen LogP) is 6.92. The Bertz CT molecular complexity index is 823. The van der Waals surface area contributed by atoms with Crippen LogP contribution in [0.3, 0.4) is 0 Å². The van der Waals surface area contributed by atoms with Gasteiger partial charge in [-0.1, -0.05) is 76.4 Å². The average molecular weight is 473 g/mol. The van der Waals surface area contributed by atoms with E-state index < -0.39 is 12.4 Å². The van der Waals surface area contributed by atoms with Gasteiger partial charge in [0.25, 0.3) is 0 Å². The molecule has 0 bridgehead atoms. The van der Waals surface area contributed by atoms with Crippen LogP contribution in [0.5, 0.6) is 0 Å². The van der Waals surface area contributed by atoms with Crippen LogP contribution >= 0.6 is 0 Å². The Morgan fingerprint density at radius 2 is 1.94 bits per heavy atom. The number of carbonyl (C=O) groups excluding carboxylic acids is 1. The molecule has 0 saturated carbocycles. The topological polar surface area (TPSA) is 65.0 Å². The number of ether oxygens (including phenoxy) is 3. The lowest BCUT2D eigenvalue weighted by atomic mass is 9.99. The van der Waals surface area contributed by atoms with Gasteiger partial charge in [-0.15, -0.1) is 0 Å². The van der Waals surface area contributed by atoms with Gasteiger partial charge in [0, 0.05) is 18.9 Å². The largest absolute Gasteiger partial charge is 0.462 e. The SMILES string of the molecule is C.C.CCC(CC(O)CC1CC(C)OC(c2ccc(C=CC3=CC=CCC3)cc2)O1)OC(C)=O. The summed E-state index contributed by atoms with van der Waals surface area (Å²) in [6.45, 7) is 5.38. The molecule has 5 unspecified atom stereocenters. The highest BCUT2D eigenvalue weighted by Gasteiger charge is 2.31. The number of carbonyl (C=O) groups is 1. The summed E-state index contributed by atoms with van der Waals surface area (Å²) in [4.78, 5) is 11.2. The average Bonchev–Trinajstić information content (AvgIpc) is 2.77. The van der Waals surface area contributed by atoms with Crippen molar-refractivity contribution in [3.63, 3.8) is 0 Å². The molecule has 1 fully saturated rings. The zero-order chi connectivity index (χ0) is 22.9. The van der Waals surface area contributed by atoms with Crippen molar-refractivity contribution < 1.29 is 24.1 Å². The molecule has 3 rings (SSSR count). The summed E-state index contributed by atoms with van der Waals surface area (Å²) < 4.78 is 17.5. The number of hydrogen-bond acceptors (Lipinski definition) is 5. The highest BCUT2D eigenvalue weighted by molar-refractivity contribution is 5.66. The number of hydrogen-bond donors (Lipinski definition) is 1. The Labute approximate surface area is 206 Å². The van der Waals surface area contributed by atoms with Gasteiger partial charge < -0.3 is 19.3 Å². The minimum absolute atomic E-state index is 0. The standard InChI is InChI=1S/C27H36O5.2CH4/c1-4-25(31-20(3)28)17-24(29)18-26-16-19(2)30-27(32-26)23-14-12-22(13-15-23)11-10-21-8-6-5-7-9-21;;/h5-6,8,10-15,19,24-27,29H,4,7,9,16-18H2,1-3H3;2*1H4. The Kier molecular flexibility index (Phi) is 13.1. The van der Waals surface area contributed by atoms with Gasteiger partial charge in [-0.2, -0.15) is 0 Å². The second-order valence-corrected chi connectivity index (χ2v) is 8.75. The molecular weight excluding hydrogens is 428 g/mol. The van der Waals surface area contributed by atoms with Crippen molar-refractivity contribution in [1.82, 2.24) is 0 Å². The first-order valence-electron chi connectivity index (χ1n) is 11.7. The highest BCUT2D eigenvalue weighted by Crippen LogP contribution is 2.32. The Hall–Kier alpha value is -2.21. The van der Waals surface area contributed by atoms with Crippen molar-refractivity contribution in [3.8, 4) is 0 Å². The van der Waals surface area contributed by atoms with Crippen LogP contribution in [-0.2, 0) is 19.0 Å². The molecule has 1 aliphatic carbocycles. The molecule has 0 spiro atoms. The van der Waals surface area contributed by atoms with Crippen LogP contribution in [0.25, 0.3) is 6.08 Å². The van der Waals surface area contributed by atoms with E-state index in [-0.39, 0.29) is 39.1 Å². The van der Waals surface area contributed by atoms with Crippen LogP contribution in [0.4, 0.5) is 0 Å². The molecule has 0 radical (unpaired) electrons. The number of allylic oxidation sites excluding steroid dienone is 5. The normalized spacial score (nSPS) is 23.9. The van der Waals surface area contributed by atoms with E-state index >= 15 is 0 Å². The monoisotopic (exact) mass is 472 g/mol. The van der Waals surface area contributed by atoms with E-state index in [0.717, 1.165) is 30.4 Å². The third-order valence-corrected chi connectivity index (χ3v) is 5.87. The maximum Gasteiger partial charge on any atom is 0.302 e. The molecule has 5 atom stereocenters. The van der Waals surface area contributed by atoms with E-state index in [2.05, 4.69) is 42.5 Å². The van der Waals surface area contributed by atoms with Gasteiger partial charge in [0.1, 0.15) is 6.10 Å². The lowest BCUT2D eigenvalue weighted by Gasteiger charge is -2.35. The quantitative estimate of drug-likeness (QED) is 0.395. The van der Waals surface area contributed by atoms with E-state index in [0.29, 0.717) is 19.3 Å². The first-order valence-corrected chi connectivity index (χ1v) is 11.7. The van der Waals surface area contributed by atoms with Crippen molar-refractivity contribution in [2.75, 3.05) is 0 Å². The first-order chi connectivity index (χ1) is 15.4. The van der Waals surface area contributed by atoms with Gasteiger partial charge in [0.2, 0.25) is 0 Å². The number of rotatable bonds is 9. The molecule has 2 aliphatic rings.